The number of H-pyrrole nitrogens is 1. The maximum absolute atomic E-state index is 5.54. The summed E-state index contributed by atoms with van der Waals surface area (Å²) < 4.78 is 0. The summed E-state index contributed by atoms with van der Waals surface area (Å²) in [5.74, 6) is 1.96. The highest BCUT2D eigenvalue weighted by Crippen LogP contribution is 2.17. The van der Waals surface area contributed by atoms with Crippen molar-refractivity contribution in [1.82, 2.24) is 9.97 Å². The molecule has 64 valence electrons. The van der Waals surface area contributed by atoms with Gasteiger partial charge in [-0.3, -0.25) is 4.99 Å². The Morgan fingerprint density at radius 2 is 2.67 bits per heavy atom. The summed E-state index contributed by atoms with van der Waals surface area (Å²) in [5.41, 5.74) is 5.54. The molecule has 0 saturated heterocycles. The lowest BCUT2D eigenvalue weighted by Gasteiger charge is -2.00. The minimum absolute atomic E-state index is 0.307. The number of nitrogens with zero attached hydrogens (tertiary/aromatic N) is 2. The van der Waals surface area contributed by atoms with Crippen molar-refractivity contribution in [2.75, 3.05) is 5.75 Å². The van der Waals surface area contributed by atoms with Gasteiger partial charge in [0.05, 0.1) is 6.04 Å². The minimum atomic E-state index is 0.307. The van der Waals surface area contributed by atoms with Gasteiger partial charge in [-0.25, -0.2) is 4.98 Å². The highest BCUT2D eigenvalue weighted by Gasteiger charge is 2.16. The number of aromatic nitrogens is 2. The highest BCUT2D eigenvalue weighted by atomic mass is 32.2. The molecule has 0 fully saturated rings. The van der Waals surface area contributed by atoms with Gasteiger partial charge in [0, 0.05) is 24.6 Å². The standard InChI is InChI=1S/C7H10N4S/c8-7-11-5(4-12-7)3-6-9-1-2-10-6/h1-2,5H,3-4H2,(H2,8,11)(H,9,10)/t5-/m0/s1. The SMILES string of the molecule is NC1=N[C@@H](Cc2ncc[nH]2)CS1. The van der Waals surface area contributed by atoms with Crippen molar-refractivity contribution in [3.63, 3.8) is 0 Å². The van der Waals surface area contributed by atoms with Gasteiger partial charge in [-0.1, -0.05) is 11.8 Å². The predicted octanol–water partition coefficient (Wildman–Crippen LogP) is 0.382. The topological polar surface area (TPSA) is 67.1 Å². The lowest BCUT2D eigenvalue weighted by atomic mass is 10.2. The van der Waals surface area contributed by atoms with E-state index in [2.05, 4.69) is 15.0 Å². The zero-order valence-corrected chi connectivity index (χ0v) is 7.34. The first-order valence-corrected chi connectivity index (χ1v) is 4.77. The van der Waals surface area contributed by atoms with Gasteiger partial charge in [0.25, 0.3) is 0 Å². The number of aromatic amines is 1. The lowest BCUT2D eigenvalue weighted by Crippen LogP contribution is -2.09. The molecule has 0 radical (unpaired) electrons. The van der Waals surface area contributed by atoms with E-state index in [-0.39, 0.29) is 0 Å². The fourth-order valence-electron chi connectivity index (χ4n) is 1.17. The average Bonchev–Trinajstić information content (AvgIpc) is 2.63. The van der Waals surface area contributed by atoms with Crippen LogP contribution in [0.4, 0.5) is 0 Å². The molecule has 0 bridgehead atoms. The quantitative estimate of drug-likeness (QED) is 0.695. The fraction of sp³-hybridized carbons (Fsp3) is 0.429. The number of imidazole rings is 1. The zero-order valence-electron chi connectivity index (χ0n) is 6.53. The Bertz CT molecular complexity index is 280. The predicted molar refractivity (Wildman–Crippen MR) is 50.2 cm³/mol. The van der Waals surface area contributed by atoms with Crippen LogP contribution < -0.4 is 5.73 Å². The molecule has 5 heteroatoms. The van der Waals surface area contributed by atoms with Gasteiger partial charge in [0.15, 0.2) is 5.17 Å². The summed E-state index contributed by atoms with van der Waals surface area (Å²) >= 11 is 1.61. The number of aliphatic imine (C=N–C) groups is 1. The first-order valence-electron chi connectivity index (χ1n) is 3.79. The molecular weight excluding hydrogens is 172 g/mol. The van der Waals surface area contributed by atoms with E-state index < -0.39 is 0 Å². The summed E-state index contributed by atoms with van der Waals surface area (Å²) in [6.45, 7) is 0. The third-order valence-corrected chi connectivity index (χ3v) is 2.67. The van der Waals surface area contributed by atoms with E-state index >= 15 is 0 Å². The van der Waals surface area contributed by atoms with Crippen molar-refractivity contribution in [3.8, 4) is 0 Å². The number of hydrogen-bond donors (Lipinski definition) is 2. The summed E-state index contributed by atoms with van der Waals surface area (Å²) in [4.78, 5) is 11.4. The molecule has 0 aliphatic carbocycles. The molecule has 0 amide bonds. The van der Waals surface area contributed by atoms with Crippen molar-refractivity contribution in [2.24, 2.45) is 10.7 Å². The average molecular weight is 182 g/mol. The highest BCUT2D eigenvalue weighted by molar-refractivity contribution is 8.14. The fourth-order valence-corrected chi connectivity index (χ4v) is 1.95. The number of amidine groups is 1. The van der Waals surface area contributed by atoms with Gasteiger partial charge in [-0.15, -0.1) is 0 Å². The molecule has 1 aromatic heterocycles. The molecule has 0 spiro atoms. The third kappa shape index (κ3) is 1.61. The van der Waals surface area contributed by atoms with Gasteiger partial charge in [-0.2, -0.15) is 0 Å². The van der Waals surface area contributed by atoms with Gasteiger partial charge in [0.2, 0.25) is 0 Å². The van der Waals surface area contributed by atoms with E-state index in [1.807, 2.05) is 6.20 Å². The van der Waals surface area contributed by atoms with Crippen LogP contribution >= 0.6 is 11.8 Å². The maximum Gasteiger partial charge on any atom is 0.154 e. The Morgan fingerprint density at radius 1 is 1.75 bits per heavy atom. The normalized spacial score (nSPS) is 22.7. The van der Waals surface area contributed by atoms with E-state index in [1.54, 1.807) is 18.0 Å². The van der Waals surface area contributed by atoms with Crippen LogP contribution in [0.25, 0.3) is 0 Å². The Balaban J connectivity index is 1.97. The molecule has 1 aliphatic heterocycles. The first kappa shape index (κ1) is 7.67. The number of nitrogens with two attached hydrogens (primary N) is 1. The van der Waals surface area contributed by atoms with Crippen LogP contribution in [0.5, 0.6) is 0 Å². The lowest BCUT2D eigenvalue weighted by molar-refractivity contribution is 0.730. The van der Waals surface area contributed by atoms with Crippen molar-refractivity contribution in [3.05, 3.63) is 18.2 Å². The van der Waals surface area contributed by atoms with Crippen molar-refractivity contribution in [2.45, 2.75) is 12.5 Å². The number of hydrogen-bond acceptors (Lipinski definition) is 4. The van der Waals surface area contributed by atoms with Gasteiger partial charge in [0.1, 0.15) is 5.82 Å². The molecular formula is C7H10N4S. The van der Waals surface area contributed by atoms with Crippen molar-refractivity contribution >= 4 is 16.9 Å². The van der Waals surface area contributed by atoms with Gasteiger partial charge >= 0.3 is 0 Å². The Hall–Kier alpha value is -0.970. The third-order valence-electron chi connectivity index (χ3n) is 1.72. The maximum atomic E-state index is 5.54. The number of nitrogens with one attached hydrogen (secondary N) is 1. The zero-order chi connectivity index (χ0) is 8.39. The molecule has 0 aromatic carbocycles. The van der Waals surface area contributed by atoms with E-state index in [0.29, 0.717) is 11.2 Å². The first-order chi connectivity index (χ1) is 5.84. The molecule has 1 atom stereocenters. The minimum Gasteiger partial charge on any atom is -0.379 e. The van der Waals surface area contributed by atoms with Crippen molar-refractivity contribution in [1.29, 1.82) is 0 Å². The van der Waals surface area contributed by atoms with Crippen LogP contribution in [-0.2, 0) is 6.42 Å². The number of thioether (sulfide) groups is 1. The van der Waals surface area contributed by atoms with E-state index in [4.69, 9.17) is 5.73 Å². The molecule has 1 aromatic rings. The second-order valence-electron chi connectivity index (χ2n) is 2.67. The summed E-state index contributed by atoms with van der Waals surface area (Å²) in [6.07, 6.45) is 4.44. The van der Waals surface area contributed by atoms with Crippen LogP contribution in [0.1, 0.15) is 5.82 Å². The van der Waals surface area contributed by atoms with E-state index in [9.17, 15) is 0 Å². The van der Waals surface area contributed by atoms with Crippen LogP contribution in [-0.4, -0.2) is 26.9 Å². The van der Waals surface area contributed by atoms with Crippen LogP contribution in [0.2, 0.25) is 0 Å². The smallest absolute Gasteiger partial charge is 0.154 e. The molecule has 0 saturated carbocycles. The van der Waals surface area contributed by atoms with Crippen LogP contribution in [0.3, 0.4) is 0 Å². The van der Waals surface area contributed by atoms with Gasteiger partial charge < -0.3 is 10.7 Å². The Kier molecular flexibility index (Phi) is 2.03. The summed E-state index contributed by atoms with van der Waals surface area (Å²) in [7, 11) is 0. The van der Waals surface area contributed by atoms with E-state index in [0.717, 1.165) is 18.0 Å². The molecule has 0 unspecified atom stereocenters. The molecule has 1 aliphatic rings. The molecule has 12 heavy (non-hydrogen) atoms. The monoisotopic (exact) mass is 182 g/mol. The molecule has 2 heterocycles. The summed E-state index contributed by atoms with van der Waals surface area (Å²) in [5, 5.41) is 0.701. The van der Waals surface area contributed by atoms with Gasteiger partial charge in [-0.05, 0) is 0 Å². The molecule has 2 rings (SSSR count). The Morgan fingerprint density at radius 3 is 3.25 bits per heavy atom. The van der Waals surface area contributed by atoms with Crippen molar-refractivity contribution < 1.29 is 0 Å². The largest absolute Gasteiger partial charge is 0.379 e. The second kappa shape index (κ2) is 3.18. The molecule has 4 nitrogen and oxygen atoms in total. The molecule has 3 N–H and O–H groups in total. The summed E-state index contributed by atoms with van der Waals surface area (Å²) in [6, 6.07) is 0.307. The van der Waals surface area contributed by atoms with Crippen LogP contribution in [0.15, 0.2) is 17.4 Å². The number of rotatable bonds is 2. The Labute approximate surface area is 74.7 Å². The van der Waals surface area contributed by atoms with Crippen LogP contribution in [0, 0.1) is 0 Å². The second-order valence-corrected chi connectivity index (χ2v) is 3.71. The van der Waals surface area contributed by atoms with E-state index in [1.165, 1.54) is 0 Å².